The summed E-state index contributed by atoms with van der Waals surface area (Å²) >= 11 is 0. The summed E-state index contributed by atoms with van der Waals surface area (Å²) in [6.45, 7) is 9.84. The van der Waals surface area contributed by atoms with Crippen LogP contribution in [0, 0.1) is 11.3 Å². The highest BCUT2D eigenvalue weighted by Gasteiger charge is 2.42. The van der Waals surface area contributed by atoms with Crippen LogP contribution in [-0.2, 0) is 25.7 Å². The van der Waals surface area contributed by atoms with Crippen molar-refractivity contribution in [3.63, 3.8) is 0 Å². The molecular formula is C36H39N7O5. The van der Waals surface area contributed by atoms with Crippen molar-refractivity contribution in [1.82, 2.24) is 20.0 Å². The summed E-state index contributed by atoms with van der Waals surface area (Å²) in [6, 6.07) is 21.0. The molecule has 1 N–H and O–H groups in total. The number of hydrogen-bond acceptors (Lipinski definition) is 7. The van der Waals surface area contributed by atoms with E-state index in [0.717, 1.165) is 10.9 Å². The Kier molecular flexibility index (Phi) is 9.25. The highest BCUT2D eigenvalue weighted by molar-refractivity contribution is 6.08. The molecule has 12 heteroatoms. The fraction of sp³-hybridized carbons (Fsp3) is 0.333. The number of aromatic nitrogens is 2. The SMILES string of the molecule is CC(=O)N1c2ccccc2N(Cc2nn(-c3ccccc3C#N)c3ccccc23)C(=O)[C@@H](NC(=O)[C@H](C)N(C)C(=O)OC(C)(C)C)[C@@H]1C. The molecule has 2 heterocycles. The number of nitriles is 1. The van der Waals surface area contributed by atoms with Crippen LogP contribution in [0.5, 0.6) is 0 Å². The number of benzene rings is 3. The molecule has 0 bridgehead atoms. The molecule has 4 aromatic rings. The van der Waals surface area contributed by atoms with Gasteiger partial charge in [0.25, 0.3) is 5.91 Å². The van der Waals surface area contributed by atoms with Crippen LogP contribution in [0.15, 0.2) is 72.8 Å². The van der Waals surface area contributed by atoms with Gasteiger partial charge in [-0.25, -0.2) is 9.48 Å². The Morgan fingerprint density at radius 1 is 1.00 bits per heavy atom. The summed E-state index contributed by atoms with van der Waals surface area (Å²) < 4.78 is 7.12. The van der Waals surface area contributed by atoms with Crippen molar-refractivity contribution in [2.24, 2.45) is 0 Å². The van der Waals surface area contributed by atoms with Gasteiger partial charge in [-0.15, -0.1) is 0 Å². The number of carbonyl (C=O) groups excluding carboxylic acids is 4. The van der Waals surface area contributed by atoms with E-state index in [9.17, 15) is 24.4 Å². The first-order valence-electron chi connectivity index (χ1n) is 15.7. The maximum absolute atomic E-state index is 14.6. The van der Waals surface area contributed by atoms with Gasteiger partial charge in [-0.3, -0.25) is 19.3 Å². The zero-order valence-corrected chi connectivity index (χ0v) is 28.1. The number of para-hydroxylation sites is 4. The second-order valence-electron chi connectivity index (χ2n) is 12.8. The molecule has 0 radical (unpaired) electrons. The van der Waals surface area contributed by atoms with Crippen LogP contribution in [-0.4, -0.2) is 69.3 Å². The number of amides is 4. The second kappa shape index (κ2) is 13.2. The molecule has 3 atom stereocenters. The van der Waals surface area contributed by atoms with E-state index in [1.54, 1.807) is 68.8 Å². The third-order valence-electron chi connectivity index (χ3n) is 8.36. The molecular weight excluding hydrogens is 610 g/mol. The number of hydrogen-bond donors (Lipinski definition) is 1. The molecule has 0 fully saturated rings. The Bertz CT molecular complexity index is 1940. The van der Waals surface area contributed by atoms with Crippen LogP contribution in [0.25, 0.3) is 16.6 Å². The van der Waals surface area contributed by atoms with Crippen molar-refractivity contribution in [2.75, 3.05) is 16.8 Å². The van der Waals surface area contributed by atoms with Gasteiger partial charge in [-0.2, -0.15) is 10.4 Å². The van der Waals surface area contributed by atoms with E-state index in [0.29, 0.717) is 28.3 Å². The molecule has 12 nitrogen and oxygen atoms in total. The van der Waals surface area contributed by atoms with Gasteiger partial charge in [0.2, 0.25) is 11.8 Å². The van der Waals surface area contributed by atoms with E-state index in [-0.39, 0.29) is 12.5 Å². The lowest BCUT2D eigenvalue weighted by atomic mass is 10.1. The normalized spacial score (nSPS) is 16.8. The van der Waals surface area contributed by atoms with E-state index < -0.39 is 41.6 Å². The molecule has 1 aromatic heterocycles. The quantitative estimate of drug-likeness (QED) is 0.313. The van der Waals surface area contributed by atoms with Gasteiger partial charge < -0.3 is 19.9 Å². The number of anilines is 2. The number of nitrogens with zero attached hydrogens (tertiary/aromatic N) is 6. The van der Waals surface area contributed by atoms with Crippen molar-refractivity contribution >= 4 is 46.1 Å². The predicted molar refractivity (Wildman–Crippen MR) is 181 cm³/mol. The van der Waals surface area contributed by atoms with E-state index in [1.165, 1.54) is 35.6 Å². The van der Waals surface area contributed by atoms with E-state index in [1.807, 2.05) is 36.4 Å². The molecule has 248 valence electrons. The highest BCUT2D eigenvalue weighted by atomic mass is 16.6. The number of rotatable bonds is 6. The maximum atomic E-state index is 14.6. The van der Waals surface area contributed by atoms with Gasteiger partial charge in [-0.1, -0.05) is 42.5 Å². The molecule has 0 spiro atoms. The van der Waals surface area contributed by atoms with Crippen molar-refractivity contribution < 1.29 is 23.9 Å². The first-order chi connectivity index (χ1) is 22.7. The fourth-order valence-corrected chi connectivity index (χ4v) is 5.84. The first-order valence-corrected chi connectivity index (χ1v) is 15.7. The van der Waals surface area contributed by atoms with Crippen LogP contribution in [0.3, 0.4) is 0 Å². The van der Waals surface area contributed by atoms with Crippen LogP contribution >= 0.6 is 0 Å². The molecule has 48 heavy (non-hydrogen) atoms. The lowest BCUT2D eigenvalue weighted by molar-refractivity contribution is -0.131. The Hall–Kier alpha value is -5.70. The molecule has 1 aliphatic heterocycles. The Labute approximate surface area is 279 Å². The molecule has 4 amide bonds. The molecule has 5 rings (SSSR count). The summed E-state index contributed by atoms with van der Waals surface area (Å²) in [5.41, 5.74) is 2.52. The molecule has 3 aromatic carbocycles. The average molecular weight is 650 g/mol. The second-order valence-corrected chi connectivity index (χ2v) is 12.8. The van der Waals surface area contributed by atoms with Gasteiger partial charge in [0.05, 0.1) is 46.4 Å². The third kappa shape index (κ3) is 6.44. The van der Waals surface area contributed by atoms with Gasteiger partial charge in [0.15, 0.2) is 0 Å². The van der Waals surface area contributed by atoms with Gasteiger partial charge in [0.1, 0.15) is 23.8 Å². The van der Waals surface area contributed by atoms with E-state index in [2.05, 4.69) is 11.4 Å². The van der Waals surface area contributed by atoms with Crippen molar-refractivity contribution in [3.8, 4) is 11.8 Å². The maximum Gasteiger partial charge on any atom is 0.410 e. The number of ether oxygens (including phenoxy) is 1. The Balaban J connectivity index is 1.57. The minimum Gasteiger partial charge on any atom is -0.444 e. The van der Waals surface area contributed by atoms with Crippen molar-refractivity contribution in [3.05, 3.63) is 84.1 Å². The summed E-state index contributed by atoms with van der Waals surface area (Å²) in [4.78, 5) is 58.4. The minimum absolute atomic E-state index is 0.00369. The number of nitrogens with one attached hydrogen (secondary N) is 1. The zero-order chi connectivity index (χ0) is 34.9. The number of fused-ring (bicyclic) bond motifs is 2. The minimum atomic E-state index is -1.18. The van der Waals surface area contributed by atoms with E-state index >= 15 is 0 Å². The molecule has 1 aliphatic rings. The van der Waals surface area contributed by atoms with Crippen LogP contribution in [0.2, 0.25) is 0 Å². The average Bonchev–Trinajstić information content (AvgIpc) is 3.38. The van der Waals surface area contributed by atoms with Crippen molar-refractivity contribution in [1.29, 1.82) is 5.26 Å². The summed E-state index contributed by atoms with van der Waals surface area (Å²) in [5.74, 6) is -1.37. The Morgan fingerprint density at radius 3 is 2.25 bits per heavy atom. The van der Waals surface area contributed by atoms with Gasteiger partial charge in [0, 0.05) is 19.4 Å². The fourth-order valence-electron chi connectivity index (χ4n) is 5.84. The van der Waals surface area contributed by atoms with Crippen LogP contribution < -0.4 is 15.1 Å². The zero-order valence-electron chi connectivity index (χ0n) is 28.1. The highest BCUT2D eigenvalue weighted by Crippen LogP contribution is 2.37. The predicted octanol–water partition coefficient (Wildman–Crippen LogP) is 4.93. The summed E-state index contributed by atoms with van der Waals surface area (Å²) in [6.07, 6.45) is -0.690. The lowest BCUT2D eigenvalue weighted by Gasteiger charge is -2.33. The number of likely N-dealkylation sites (N-methyl/N-ethyl adjacent to an activating group) is 1. The lowest BCUT2D eigenvalue weighted by Crippen LogP contribution is -2.60. The van der Waals surface area contributed by atoms with Gasteiger partial charge >= 0.3 is 6.09 Å². The third-order valence-corrected chi connectivity index (χ3v) is 8.36. The molecule has 0 saturated carbocycles. The monoisotopic (exact) mass is 649 g/mol. The van der Waals surface area contributed by atoms with Crippen LogP contribution in [0.1, 0.15) is 52.8 Å². The Morgan fingerprint density at radius 2 is 1.60 bits per heavy atom. The smallest absolute Gasteiger partial charge is 0.410 e. The van der Waals surface area contributed by atoms with E-state index in [4.69, 9.17) is 9.84 Å². The van der Waals surface area contributed by atoms with Crippen molar-refractivity contribution in [2.45, 2.75) is 71.8 Å². The molecule has 0 saturated heterocycles. The largest absolute Gasteiger partial charge is 0.444 e. The van der Waals surface area contributed by atoms with Crippen LogP contribution in [0.4, 0.5) is 16.2 Å². The molecule has 0 unspecified atom stereocenters. The summed E-state index contributed by atoms with van der Waals surface area (Å²) in [7, 11) is 1.45. The summed E-state index contributed by atoms with van der Waals surface area (Å²) in [5, 5.41) is 18.3. The number of carbonyl (C=O) groups is 4. The van der Waals surface area contributed by atoms with Gasteiger partial charge in [-0.05, 0) is 65.0 Å². The standard InChI is InChI=1S/C36H39N7O5/c1-22-32(38-33(45)23(2)40(7)35(47)48-36(4,5)6)34(46)41(30-18-12-13-19-31(30)42(22)24(3)44)21-27-26-15-9-11-17-29(26)43(39-27)28-16-10-8-14-25(28)20-37/h8-19,22-23,32H,21H2,1-7H3,(H,38,45)/t22-,23-,32-/m0/s1. The topological polar surface area (TPSA) is 141 Å². The first kappa shape index (κ1) is 33.7. The molecule has 0 aliphatic carbocycles.